The van der Waals surface area contributed by atoms with Crippen molar-refractivity contribution >= 4 is 22.6 Å². The fourth-order valence-electron chi connectivity index (χ4n) is 2.40. The van der Waals surface area contributed by atoms with Gasteiger partial charge in [-0.15, -0.1) is 0 Å². The maximum absolute atomic E-state index is 6.00. The number of benzene rings is 1. The highest BCUT2D eigenvalue weighted by Crippen LogP contribution is 2.26. The highest BCUT2D eigenvalue weighted by Gasteiger charge is 2.11. The number of nitrogens with one attached hydrogen (secondary N) is 1. The summed E-state index contributed by atoms with van der Waals surface area (Å²) < 4.78 is 5.86. The number of rotatable bonds is 5. The van der Waals surface area contributed by atoms with Gasteiger partial charge in [-0.05, 0) is 38.1 Å². The normalized spacial score (nSPS) is 12.7. The molecule has 5 heteroatoms. The molecule has 0 spiro atoms. The first-order valence-corrected chi connectivity index (χ1v) is 7.69. The van der Waals surface area contributed by atoms with Crippen molar-refractivity contribution in [2.24, 2.45) is 0 Å². The molecule has 1 atom stereocenters. The third-order valence-corrected chi connectivity index (χ3v) is 3.80. The quantitative estimate of drug-likeness (QED) is 0.771. The average molecular weight is 316 g/mol. The van der Waals surface area contributed by atoms with Crippen molar-refractivity contribution in [1.82, 2.24) is 15.3 Å². The van der Waals surface area contributed by atoms with Crippen LogP contribution in [-0.4, -0.2) is 16.5 Å². The first kappa shape index (κ1) is 15.0. The first-order chi connectivity index (χ1) is 10.6. The third kappa shape index (κ3) is 3.46. The first-order valence-electron chi connectivity index (χ1n) is 7.32. The Hall–Kier alpha value is -1.91. The highest BCUT2D eigenvalue weighted by atomic mass is 35.5. The molecule has 2 heterocycles. The molecule has 0 amide bonds. The van der Waals surface area contributed by atoms with E-state index in [1.807, 2.05) is 37.4 Å². The van der Waals surface area contributed by atoms with Crippen LogP contribution in [0.1, 0.15) is 30.1 Å². The molecule has 0 aliphatic heterocycles. The minimum Gasteiger partial charge on any atom is -0.459 e. The minimum atomic E-state index is 0.129. The topological polar surface area (TPSA) is 51.0 Å². The van der Waals surface area contributed by atoms with Gasteiger partial charge in [0.15, 0.2) is 0 Å². The van der Waals surface area contributed by atoms with E-state index in [1.54, 1.807) is 6.20 Å². The SMILES string of the molecule is Cc1cncc(CCNC(C)c2cc3cc(Cl)ccc3o2)n1. The van der Waals surface area contributed by atoms with E-state index in [-0.39, 0.29) is 6.04 Å². The lowest BCUT2D eigenvalue weighted by atomic mass is 10.2. The highest BCUT2D eigenvalue weighted by molar-refractivity contribution is 6.31. The molecule has 0 aliphatic carbocycles. The Bertz CT molecular complexity index is 784. The van der Waals surface area contributed by atoms with Gasteiger partial charge >= 0.3 is 0 Å². The van der Waals surface area contributed by atoms with E-state index in [2.05, 4.69) is 22.2 Å². The summed E-state index contributed by atoms with van der Waals surface area (Å²) >= 11 is 6.00. The molecular weight excluding hydrogens is 298 g/mol. The predicted molar refractivity (Wildman–Crippen MR) is 88.1 cm³/mol. The standard InChI is InChI=1S/C17H18ClN3O/c1-11-9-19-10-15(21-11)5-6-20-12(2)17-8-13-7-14(18)3-4-16(13)22-17/h3-4,7-10,12,20H,5-6H2,1-2H3. The van der Waals surface area contributed by atoms with Crippen LogP contribution in [0.2, 0.25) is 5.02 Å². The number of halogens is 1. The number of aryl methyl sites for hydroxylation is 1. The zero-order chi connectivity index (χ0) is 15.5. The molecule has 3 rings (SSSR count). The van der Waals surface area contributed by atoms with Gasteiger partial charge < -0.3 is 9.73 Å². The molecule has 0 radical (unpaired) electrons. The van der Waals surface area contributed by atoms with Crippen LogP contribution in [0.25, 0.3) is 11.0 Å². The van der Waals surface area contributed by atoms with Crippen LogP contribution in [0.4, 0.5) is 0 Å². The van der Waals surface area contributed by atoms with Crippen LogP contribution in [0, 0.1) is 6.92 Å². The van der Waals surface area contributed by atoms with Crippen LogP contribution in [0.3, 0.4) is 0 Å². The summed E-state index contributed by atoms with van der Waals surface area (Å²) in [5, 5.41) is 5.20. The second-order valence-corrected chi connectivity index (χ2v) is 5.84. The Kier molecular flexibility index (Phi) is 4.41. The fraction of sp³-hybridized carbons (Fsp3) is 0.294. The maximum Gasteiger partial charge on any atom is 0.134 e. The van der Waals surface area contributed by atoms with Crippen LogP contribution in [0.5, 0.6) is 0 Å². The van der Waals surface area contributed by atoms with E-state index in [1.165, 1.54) is 0 Å². The van der Waals surface area contributed by atoms with Crippen molar-refractivity contribution in [3.63, 3.8) is 0 Å². The molecule has 1 N–H and O–H groups in total. The number of fused-ring (bicyclic) bond motifs is 1. The molecule has 22 heavy (non-hydrogen) atoms. The molecule has 1 aromatic carbocycles. The maximum atomic E-state index is 6.00. The summed E-state index contributed by atoms with van der Waals surface area (Å²) in [6.07, 6.45) is 4.41. The van der Waals surface area contributed by atoms with E-state index < -0.39 is 0 Å². The lowest BCUT2D eigenvalue weighted by molar-refractivity contribution is 0.453. The van der Waals surface area contributed by atoms with E-state index in [0.717, 1.165) is 46.1 Å². The molecule has 0 bridgehead atoms. The fourth-order valence-corrected chi connectivity index (χ4v) is 2.58. The molecule has 4 nitrogen and oxygen atoms in total. The van der Waals surface area contributed by atoms with E-state index in [9.17, 15) is 0 Å². The van der Waals surface area contributed by atoms with E-state index in [4.69, 9.17) is 16.0 Å². The number of hydrogen-bond donors (Lipinski definition) is 1. The second-order valence-electron chi connectivity index (χ2n) is 5.41. The summed E-state index contributed by atoms with van der Waals surface area (Å²) in [4.78, 5) is 8.60. The Morgan fingerprint density at radius 2 is 2.14 bits per heavy atom. The van der Waals surface area contributed by atoms with Crippen LogP contribution in [-0.2, 0) is 6.42 Å². The van der Waals surface area contributed by atoms with Crippen molar-refractivity contribution in [2.75, 3.05) is 6.54 Å². The molecule has 0 saturated heterocycles. The summed E-state index contributed by atoms with van der Waals surface area (Å²) in [7, 11) is 0. The van der Waals surface area contributed by atoms with Crippen LogP contribution < -0.4 is 5.32 Å². The Labute approximate surface area is 134 Å². The number of hydrogen-bond acceptors (Lipinski definition) is 4. The molecule has 3 aromatic rings. The molecule has 2 aromatic heterocycles. The molecule has 0 saturated carbocycles. The largest absolute Gasteiger partial charge is 0.459 e. The van der Waals surface area contributed by atoms with Crippen molar-refractivity contribution in [2.45, 2.75) is 26.3 Å². The number of furan rings is 1. The van der Waals surface area contributed by atoms with E-state index in [0.29, 0.717) is 0 Å². The smallest absolute Gasteiger partial charge is 0.134 e. The van der Waals surface area contributed by atoms with Crippen molar-refractivity contribution in [3.8, 4) is 0 Å². The molecule has 114 valence electrons. The van der Waals surface area contributed by atoms with Crippen molar-refractivity contribution in [3.05, 3.63) is 58.8 Å². The molecular formula is C17H18ClN3O. The van der Waals surface area contributed by atoms with Gasteiger partial charge in [0.1, 0.15) is 11.3 Å². The van der Waals surface area contributed by atoms with Gasteiger partial charge in [0, 0.05) is 35.8 Å². The lowest BCUT2D eigenvalue weighted by Crippen LogP contribution is -2.21. The number of aromatic nitrogens is 2. The Balaban J connectivity index is 1.62. The van der Waals surface area contributed by atoms with Crippen molar-refractivity contribution in [1.29, 1.82) is 0 Å². The van der Waals surface area contributed by atoms with Gasteiger partial charge in [-0.3, -0.25) is 9.97 Å². The summed E-state index contributed by atoms with van der Waals surface area (Å²) in [6.45, 7) is 4.85. The van der Waals surface area contributed by atoms with Gasteiger partial charge in [0.2, 0.25) is 0 Å². The van der Waals surface area contributed by atoms with E-state index >= 15 is 0 Å². The van der Waals surface area contributed by atoms with Crippen LogP contribution in [0.15, 0.2) is 41.1 Å². The van der Waals surface area contributed by atoms with Crippen LogP contribution >= 0.6 is 11.6 Å². The van der Waals surface area contributed by atoms with Gasteiger partial charge in [0.25, 0.3) is 0 Å². The molecule has 1 unspecified atom stereocenters. The number of nitrogens with zero attached hydrogens (tertiary/aromatic N) is 2. The third-order valence-electron chi connectivity index (χ3n) is 3.56. The Morgan fingerprint density at radius 1 is 1.27 bits per heavy atom. The summed E-state index contributed by atoms with van der Waals surface area (Å²) in [6, 6.07) is 7.82. The summed E-state index contributed by atoms with van der Waals surface area (Å²) in [5.74, 6) is 0.910. The van der Waals surface area contributed by atoms with Gasteiger partial charge in [-0.1, -0.05) is 11.6 Å². The van der Waals surface area contributed by atoms with Gasteiger partial charge in [-0.25, -0.2) is 0 Å². The summed E-state index contributed by atoms with van der Waals surface area (Å²) in [5.41, 5.74) is 2.80. The monoisotopic (exact) mass is 315 g/mol. The zero-order valence-corrected chi connectivity index (χ0v) is 13.4. The van der Waals surface area contributed by atoms with Crippen molar-refractivity contribution < 1.29 is 4.42 Å². The zero-order valence-electron chi connectivity index (χ0n) is 12.6. The van der Waals surface area contributed by atoms with Gasteiger partial charge in [0.05, 0.1) is 17.4 Å². The molecule has 0 fully saturated rings. The van der Waals surface area contributed by atoms with Gasteiger partial charge in [-0.2, -0.15) is 0 Å². The molecule has 0 aliphatic rings. The predicted octanol–water partition coefficient (Wildman–Crippen LogP) is 4.08. The minimum absolute atomic E-state index is 0.129. The second kappa shape index (κ2) is 6.46. The average Bonchev–Trinajstić information content (AvgIpc) is 2.90. The Morgan fingerprint density at radius 3 is 2.95 bits per heavy atom. The lowest BCUT2D eigenvalue weighted by Gasteiger charge is -2.10.